The summed E-state index contributed by atoms with van der Waals surface area (Å²) in [5.74, 6) is 2.33. The molecule has 0 spiro atoms. The van der Waals surface area contributed by atoms with Crippen molar-refractivity contribution in [2.45, 2.75) is 40.7 Å². The smallest absolute Gasteiger partial charge is 0.163 e. The molecule has 0 aliphatic rings. The van der Waals surface area contributed by atoms with Crippen LogP contribution in [0.3, 0.4) is 0 Å². The fourth-order valence-corrected chi connectivity index (χ4v) is 1.91. The van der Waals surface area contributed by atoms with E-state index in [4.69, 9.17) is 0 Å². The lowest BCUT2D eigenvalue weighted by atomic mass is 10.1. The van der Waals surface area contributed by atoms with Gasteiger partial charge in [0.2, 0.25) is 0 Å². The Morgan fingerprint density at radius 2 is 2.11 bits per heavy atom. The fraction of sp³-hybridized carbons (Fsp3) is 0.615. The molecule has 18 heavy (non-hydrogen) atoms. The molecule has 0 aliphatic carbocycles. The molecular weight excluding hydrogens is 226 g/mol. The molecule has 98 valence electrons. The highest BCUT2D eigenvalue weighted by molar-refractivity contribution is 5.86. The van der Waals surface area contributed by atoms with Crippen molar-refractivity contribution in [2.24, 2.45) is 5.92 Å². The van der Waals surface area contributed by atoms with Crippen LogP contribution < -0.4 is 5.32 Å². The Hall–Kier alpha value is -1.65. The van der Waals surface area contributed by atoms with Gasteiger partial charge in [-0.3, -0.25) is 0 Å². The van der Waals surface area contributed by atoms with E-state index in [9.17, 15) is 0 Å². The average Bonchev–Trinajstić information content (AvgIpc) is 2.70. The van der Waals surface area contributed by atoms with Crippen LogP contribution in [0.5, 0.6) is 0 Å². The number of anilines is 1. The maximum absolute atomic E-state index is 4.51. The molecule has 0 radical (unpaired) electrons. The van der Waals surface area contributed by atoms with E-state index in [1.165, 1.54) is 0 Å². The van der Waals surface area contributed by atoms with Gasteiger partial charge >= 0.3 is 0 Å². The van der Waals surface area contributed by atoms with Crippen LogP contribution in [0.2, 0.25) is 0 Å². The Kier molecular flexibility index (Phi) is 3.79. The summed E-state index contributed by atoms with van der Waals surface area (Å²) in [6.07, 6.45) is 2.96. The highest BCUT2D eigenvalue weighted by Crippen LogP contribution is 2.20. The number of hydrogen-bond donors (Lipinski definition) is 1. The fourth-order valence-electron chi connectivity index (χ4n) is 1.91. The molecule has 0 aliphatic heterocycles. The van der Waals surface area contributed by atoms with Crippen LogP contribution in [0.15, 0.2) is 6.20 Å². The first-order valence-electron chi connectivity index (χ1n) is 6.55. The maximum atomic E-state index is 4.51. The summed E-state index contributed by atoms with van der Waals surface area (Å²) < 4.78 is 1.98. The molecule has 0 fully saturated rings. The van der Waals surface area contributed by atoms with Crippen LogP contribution >= 0.6 is 0 Å². The number of fused-ring (bicyclic) bond motifs is 1. The second-order valence-corrected chi connectivity index (χ2v) is 4.94. The van der Waals surface area contributed by atoms with E-state index in [1.54, 1.807) is 0 Å². The second kappa shape index (κ2) is 5.33. The van der Waals surface area contributed by atoms with Gasteiger partial charge in [-0.25, -0.2) is 14.6 Å². The summed E-state index contributed by atoms with van der Waals surface area (Å²) in [7, 11) is 0. The number of aryl methyl sites for hydroxylation is 2. The maximum Gasteiger partial charge on any atom is 0.163 e. The SMILES string of the molecule is CCNc1nc(C)nc2c1cnn2CCC(C)C. The van der Waals surface area contributed by atoms with Crippen molar-refractivity contribution < 1.29 is 0 Å². The molecule has 0 amide bonds. The minimum absolute atomic E-state index is 0.667. The van der Waals surface area contributed by atoms with Gasteiger partial charge in [0, 0.05) is 13.1 Å². The van der Waals surface area contributed by atoms with E-state index in [0.29, 0.717) is 5.92 Å². The standard InChI is InChI=1S/C13H21N5/c1-5-14-12-11-8-15-18(7-6-9(2)3)13(11)17-10(4)16-12/h8-9H,5-7H2,1-4H3,(H,14,16,17). The summed E-state index contributed by atoms with van der Waals surface area (Å²) in [6.45, 7) is 10.2. The Morgan fingerprint density at radius 1 is 1.33 bits per heavy atom. The van der Waals surface area contributed by atoms with Crippen molar-refractivity contribution in [3.8, 4) is 0 Å². The summed E-state index contributed by atoms with van der Waals surface area (Å²) in [5, 5.41) is 8.70. The van der Waals surface area contributed by atoms with Gasteiger partial charge in [-0.2, -0.15) is 5.10 Å². The highest BCUT2D eigenvalue weighted by Gasteiger charge is 2.11. The number of hydrogen-bond acceptors (Lipinski definition) is 4. The third-order valence-corrected chi connectivity index (χ3v) is 2.87. The van der Waals surface area contributed by atoms with Gasteiger partial charge in [0.05, 0.1) is 11.6 Å². The molecule has 0 aromatic carbocycles. The second-order valence-electron chi connectivity index (χ2n) is 4.94. The number of aromatic nitrogens is 4. The van der Waals surface area contributed by atoms with Crippen LogP contribution in [-0.2, 0) is 6.54 Å². The first-order valence-corrected chi connectivity index (χ1v) is 6.55. The van der Waals surface area contributed by atoms with E-state index < -0.39 is 0 Å². The Bertz CT molecular complexity index is 529. The summed E-state index contributed by atoms with van der Waals surface area (Å²) >= 11 is 0. The predicted molar refractivity (Wildman–Crippen MR) is 73.7 cm³/mol. The highest BCUT2D eigenvalue weighted by atomic mass is 15.3. The van der Waals surface area contributed by atoms with Gasteiger partial charge in [-0.15, -0.1) is 0 Å². The Balaban J connectivity index is 2.39. The van der Waals surface area contributed by atoms with Gasteiger partial charge in [-0.1, -0.05) is 13.8 Å². The molecule has 2 rings (SSSR count). The largest absolute Gasteiger partial charge is 0.370 e. The summed E-state index contributed by atoms with van der Waals surface area (Å²) in [6, 6.07) is 0. The predicted octanol–water partition coefficient (Wildman–Crippen LogP) is 2.61. The first kappa shape index (κ1) is 12.8. The van der Waals surface area contributed by atoms with E-state index in [2.05, 4.69) is 41.2 Å². The Labute approximate surface area is 108 Å². The number of nitrogens with one attached hydrogen (secondary N) is 1. The van der Waals surface area contributed by atoms with Crippen molar-refractivity contribution in [3.05, 3.63) is 12.0 Å². The average molecular weight is 247 g/mol. The zero-order chi connectivity index (χ0) is 13.1. The molecule has 0 atom stereocenters. The van der Waals surface area contributed by atoms with Crippen molar-refractivity contribution in [1.29, 1.82) is 0 Å². The van der Waals surface area contributed by atoms with Gasteiger partial charge < -0.3 is 5.32 Å². The van der Waals surface area contributed by atoms with E-state index in [1.807, 2.05) is 17.8 Å². The van der Waals surface area contributed by atoms with Crippen molar-refractivity contribution in [3.63, 3.8) is 0 Å². The molecule has 0 saturated heterocycles. The molecule has 5 heteroatoms. The normalized spacial score (nSPS) is 11.4. The van der Waals surface area contributed by atoms with E-state index in [-0.39, 0.29) is 0 Å². The minimum Gasteiger partial charge on any atom is -0.370 e. The molecule has 2 aromatic rings. The molecule has 1 N–H and O–H groups in total. The van der Waals surface area contributed by atoms with Crippen LogP contribution in [0.1, 0.15) is 33.0 Å². The van der Waals surface area contributed by atoms with Gasteiger partial charge in [0.15, 0.2) is 5.65 Å². The monoisotopic (exact) mass is 247 g/mol. The number of nitrogens with zero attached hydrogens (tertiary/aromatic N) is 4. The topological polar surface area (TPSA) is 55.6 Å². The molecule has 5 nitrogen and oxygen atoms in total. The summed E-state index contributed by atoms with van der Waals surface area (Å²) in [4.78, 5) is 8.93. The van der Waals surface area contributed by atoms with Crippen LogP contribution in [0.4, 0.5) is 5.82 Å². The number of rotatable bonds is 5. The Morgan fingerprint density at radius 3 is 2.78 bits per heavy atom. The third kappa shape index (κ3) is 2.60. The third-order valence-electron chi connectivity index (χ3n) is 2.87. The van der Waals surface area contributed by atoms with Gasteiger partial charge in [0.25, 0.3) is 0 Å². The zero-order valence-electron chi connectivity index (χ0n) is 11.6. The first-order chi connectivity index (χ1) is 8.61. The van der Waals surface area contributed by atoms with Gasteiger partial charge in [-0.05, 0) is 26.2 Å². The summed E-state index contributed by atoms with van der Waals surface area (Å²) in [5.41, 5.74) is 0.930. The van der Waals surface area contributed by atoms with Crippen LogP contribution in [0.25, 0.3) is 11.0 Å². The van der Waals surface area contributed by atoms with Crippen LogP contribution in [0, 0.1) is 12.8 Å². The quantitative estimate of drug-likeness (QED) is 0.882. The van der Waals surface area contributed by atoms with Crippen LogP contribution in [-0.4, -0.2) is 26.3 Å². The van der Waals surface area contributed by atoms with E-state index in [0.717, 1.165) is 42.2 Å². The molecular formula is C13H21N5. The lowest BCUT2D eigenvalue weighted by Gasteiger charge is -2.07. The molecule has 2 aromatic heterocycles. The minimum atomic E-state index is 0.667. The lowest BCUT2D eigenvalue weighted by molar-refractivity contribution is 0.494. The zero-order valence-corrected chi connectivity index (χ0v) is 11.6. The van der Waals surface area contributed by atoms with Gasteiger partial charge in [0.1, 0.15) is 11.6 Å². The molecule has 0 saturated carbocycles. The van der Waals surface area contributed by atoms with E-state index >= 15 is 0 Å². The molecule has 0 bridgehead atoms. The molecule has 0 unspecified atom stereocenters. The lowest BCUT2D eigenvalue weighted by Crippen LogP contribution is -2.06. The molecule has 2 heterocycles. The van der Waals surface area contributed by atoms with Crippen molar-refractivity contribution in [2.75, 3.05) is 11.9 Å². The van der Waals surface area contributed by atoms with Crippen molar-refractivity contribution >= 4 is 16.9 Å². The van der Waals surface area contributed by atoms with Crippen molar-refractivity contribution in [1.82, 2.24) is 19.7 Å².